The number of aromatic nitrogens is 2. The standard InChI is InChI=1S/C36H42FN7O9/c1-18-20-5-6-25(42-27(19-3-4-19)14-52-17-41-31(48)10-39-32(49)15-53-16-40-30(47)9-38)34-22-11-44-28(35(22)43-26(33(20)34)8-24(18)37)7-21(29(46)12-45)23(13-51-2)36(44)50/h7-8,12,25,29,42,46H,3-6,9-11,13-17,38H2,1-2H3,(H,39,49)(H,40,47)(H,41,48). The van der Waals surface area contributed by atoms with Crippen molar-refractivity contribution in [1.29, 1.82) is 0 Å². The molecule has 0 spiro atoms. The number of amides is 3. The second kappa shape index (κ2) is 16.3. The van der Waals surface area contributed by atoms with Crippen LogP contribution < -0.4 is 32.6 Å². The summed E-state index contributed by atoms with van der Waals surface area (Å²) < 4.78 is 32.9. The zero-order valence-electron chi connectivity index (χ0n) is 29.4. The van der Waals surface area contributed by atoms with E-state index in [1.165, 1.54) is 18.7 Å². The highest BCUT2D eigenvalue weighted by Gasteiger charge is 2.35. The normalized spacial score (nSPS) is 15.7. The number of aliphatic hydroxyl groups excluding tert-OH is 1. The molecule has 1 saturated carbocycles. The van der Waals surface area contributed by atoms with Crippen LogP contribution in [-0.4, -0.2) is 85.5 Å². The van der Waals surface area contributed by atoms with E-state index in [1.807, 2.05) is 0 Å². The lowest BCUT2D eigenvalue weighted by atomic mass is 9.81. The number of benzene rings is 1. The highest BCUT2D eigenvalue weighted by Crippen LogP contribution is 2.45. The first-order valence-corrected chi connectivity index (χ1v) is 17.2. The van der Waals surface area contributed by atoms with E-state index in [-0.39, 0.29) is 75.9 Å². The molecule has 53 heavy (non-hydrogen) atoms. The summed E-state index contributed by atoms with van der Waals surface area (Å²) in [5.41, 5.74) is 11.6. The summed E-state index contributed by atoms with van der Waals surface area (Å²) in [5.74, 6) is -1.82. The molecular formula is C36H42FN7O9. The van der Waals surface area contributed by atoms with Gasteiger partial charge in [-0.25, -0.2) is 9.37 Å². The molecule has 1 aromatic carbocycles. The SMILES string of the molecule is COCc1c(C(O)C=O)cc2n(c1=O)Cc1c-2nc2cc(F)c(C)c3c2c1C(NC(COCNC(=O)CNC(=O)COCNC(=O)CN)=C1CC1)CC3. The number of nitrogens with one attached hydrogen (secondary N) is 4. The largest absolute Gasteiger partial charge is 0.381 e. The number of methoxy groups -OCH3 is 1. The van der Waals surface area contributed by atoms with Gasteiger partial charge in [0, 0.05) is 40.9 Å². The Morgan fingerprint density at radius 3 is 2.51 bits per heavy atom. The molecule has 3 aliphatic rings. The fourth-order valence-corrected chi connectivity index (χ4v) is 6.88. The molecule has 6 rings (SSSR count). The van der Waals surface area contributed by atoms with E-state index in [0.29, 0.717) is 41.6 Å². The van der Waals surface area contributed by atoms with Gasteiger partial charge in [-0.15, -0.1) is 0 Å². The number of pyridine rings is 2. The van der Waals surface area contributed by atoms with Crippen LogP contribution >= 0.6 is 0 Å². The molecule has 282 valence electrons. The van der Waals surface area contributed by atoms with Crippen LogP contribution in [0.15, 0.2) is 28.2 Å². The Morgan fingerprint density at radius 2 is 1.81 bits per heavy atom. The number of carbonyl (C=O) groups excluding carboxylic acids is 4. The Hall–Kier alpha value is -5.07. The van der Waals surface area contributed by atoms with Gasteiger partial charge in [0.05, 0.1) is 55.8 Å². The number of aryl methyl sites for hydroxylation is 1. The second-order valence-electron chi connectivity index (χ2n) is 13.1. The summed E-state index contributed by atoms with van der Waals surface area (Å²) >= 11 is 0. The number of ether oxygens (including phenoxy) is 3. The zero-order chi connectivity index (χ0) is 37.8. The smallest absolute Gasteiger partial charge is 0.257 e. The first-order chi connectivity index (χ1) is 25.6. The fraction of sp³-hybridized carbons (Fsp3) is 0.444. The maximum Gasteiger partial charge on any atom is 0.257 e. The number of aldehydes is 1. The first kappa shape index (κ1) is 37.7. The highest BCUT2D eigenvalue weighted by molar-refractivity contribution is 5.93. The van der Waals surface area contributed by atoms with Crippen LogP contribution in [0.1, 0.15) is 64.8 Å². The molecule has 0 saturated heterocycles. The van der Waals surface area contributed by atoms with Gasteiger partial charge in [-0.3, -0.25) is 19.2 Å². The number of hydrogen-bond donors (Lipinski definition) is 6. The van der Waals surface area contributed by atoms with Crippen molar-refractivity contribution < 1.29 is 42.9 Å². The number of hydrogen-bond acceptors (Lipinski definition) is 12. The van der Waals surface area contributed by atoms with E-state index in [2.05, 4.69) is 21.3 Å². The number of fused-ring (bicyclic) bond motifs is 4. The molecule has 2 aromatic heterocycles. The van der Waals surface area contributed by atoms with Gasteiger partial charge in [0.15, 0.2) is 6.29 Å². The van der Waals surface area contributed by atoms with Crippen molar-refractivity contribution in [2.24, 2.45) is 5.73 Å². The molecule has 1 fully saturated rings. The number of halogens is 1. The topological polar surface area (TPSA) is 225 Å². The third kappa shape index (κ3) is 7.98. The molecule has 7 N–H and O–H groups in total. The number of allylic oxidation sites excluding steroid dienone is 1. The molecule has 17 heteroatoms. The molecule has 2 atom stereocenters. The van der Waals surface area contributed by atoms with Crippen molar-refractivity contribution in [2.45, 2.75) is 57.9 Å². The summed E-state index contributed by atoms with van der Waals surface area (Å²) in [4.78, 5) is 65.6. The molecule has 16 nitrogen and oxygen atoms in total. The lowest BCUT2D eigenvalue weighted by Gasteiger charge is -2.31. The second-order valence-corrected chi connectivity index (χ2v) is 13.1. The number of nitrogens with two attached hydrogens (primary N) is 1. The predicted molar refractivity (Wildman–Crippen MR) is 187 cm³/mol. The Balaban J connectivity index is 1.18. The summed E-state index contributed by atoms with van der Waals surface area (Å²) in [6.45, 7) is 0.843. The number of aliphatic hydroxyl groups is 1. The van der Waals surface area contributed by atoms with Crippen molar-refractivity contribution >= 4 is 34.9 Å². The van der Waals surface area contributed by atoms with E-state index < -0.39 is 29.4 Å². The number of nitrogens with zero attached hydrogens (tertiary/aromatic N) is 2. The number of rotatable bonds is 17. The van der Waals surface area contributed by atoms with Crippen LogP contribution in [0.4, 0.5) is 4.39 Å². The van der Waals surface area contributed by atoms with E-state index in [4.69, 9.17) is 24.9 Å². The Morgan fingerprint density at radius 1 is 1.08 bits per heavy atom. The van der Waals surface area contributed by atoms with Gasteiger partial charge in [-0.1, -0.05) is 0 Å². The van der Waals surface area contributed by atoms with E-state index in [1.54, 1.807) is 17.6 Å². The summed E-state index contributed by atoms with van der Waals surface area (Å²) in [5, 5.41) is 22.4. The van der Waals surface area contributed by atoms with Gasteiger partial charge in [0.2, 0.25) is 17.7 Å². The Kier molecular flexibility index (Phi) is 11.6. The van der Waals surface area contributed by atoms with Crippen LogP contribution in [0.25, 0.3) is 22.3 Å². The van der Waals surface area contributed by atoms with Gasteiger partial charge >= 0.3 is 0 Å². The molecule has 3 heterocycles. The molecule has 3 amide bonds. The monoisotopic (exact) mass is 735 g/mol. The third-order valence-electron chi connectivity index (χ3n) is 9.64. The van der Waals surface area contributed by atoms with Crippen molar-refractivity contribution in [3.63, 3.8) is 0 Å². The van der Waals surface area contributed by atoms with Crippen molar-refractivity contribution in [3.05, 3.63) is 73.0 Å². The minimum absolute atomic E-state index is 0.102. The van der Waals surface area contributed by atoms with Crippen molar-refractivity contribution in [3.8, 4) is 11.4 Å². The molecule has 2 unspecified atom stereocenters. The minimum atomic E-state index is -1.54. The first-order valence-electron chi connectivity index (χ1n) is 17.2. The summed E-state index contributed by atoms with van der Waals surface area (Å²) in [6, 6.07) is 2.75. The van der Waals surface area contributed by atoms with E-state index in [0.717, 1.165) is 40.6 Å². The zero-order valence-corrected chi connectivity index (χ0v) is 29.4. The lowest BCUT2D eigenvalue weighted by Crippen LogP contribution is -2.40. The lowest BCUT2D eigenvalue weighted by molar-refractivity contribution is -0.130. The average Bonchev–Trinajstić information content (AvgIpc) is 3.94. The Labute approximate surface area is 303 Å². The molecule has 2 aliphatic carbocycles. The quantitative estimate of drug-likeness (QED) is 0.0484. The van der Waals surface area contributed by atoms with Crippen LogP contribution in [-0.2, 0) is 53.0 Å². The number of carbonyl (C=O) groups is 4. The highest BCUT2D eigenvalue weighted by atomic mass is 19.1. The van der Waals surface area contributed by atoms with Crippen LogP contribution in [0.2, 0.25) is 0 Å². The van der Waals surface area contributed by atoms with Gasteiger partial charge in [-0.05, 0) is 60.9 Å². The van der Waals surface area contributed by atoms with E-state index in [9.17, 15) is 29.1 Å². The maximum atomic E-state index is 15.3. The van der Waals surface area contributed by atoms with Gasteiger partial charge in [0.25, 0.3) is 5.56 Å². The molecule has 0 radical (unpaired) electrons. The van der Waals surface area contributed by atoms with Crippen molar-refractivity contribution in [1.82, 2.24) is 30.8 Å². The minimum Gasteiger partial charge on any atom is -0.381 e. The fourth-order valence-electron chi connectivity index (χ4n) is 6.88. The molecule has 3 aromatic rings. The van der Waals surface area contributed by atoms with Gasteiger partial charge < -0.3 is 55.7 Å². The molecular weight excluding hydrogens is 693 g/mol. The molecule has 0 bridgehead atoms. The average molecular weight is 736 g/mol. The van der Waals surface area contributed by atoms with Crippen LogP contribution in [0.5, 0.6) is 0 Å². The summed E-state index contributed by atoms with van der Waals surface area (Å²) in [7, 11) is 1.43. The van der Waals surface area contributed by atoms with Crippen molar-refractivity contribution in [2.75, 3.05) is 46.9 Å². The van der Waals surface area contributed by atoms with Crippen LogP contribution in [0.3, 0.4) is 0 Å². The van der Waals surface area contributed by atoms with Gasteiger partial charge in [-0.2, -0.15) is 0 Å². The molecule has 1 aliphatic heterocycles. The van der Waals surface area contributed by atoms with E-state index >= 15 is 4.39 Å². The van der Waals surface area contributed by atoms with Gasteiger partial charge in [0.1, 0.15) is 32.0 Å². The maximum absolute atomic E-state index is 15.3. The Bertz CT molecular complexity index is 2060. The third-order valence-corrected chi connectivity index (χ3v) is 9.64. The predicted octanol–water partition coefficient (Wildman–Crippen LogP) is 0.132. The summed E-state index contributed by atoms with van der Waals surface area (Å²) in [6.07, 6.45) is 1.78. The van der Waals surface area contributed by atoms with Crippen LogP contribution in [0, 0.1) is 12.7 Å².